The van der Waals surface area contributed by atoms with E-state index in [0.717, 1.165) is 6.92 Å². The van der Waals surface area contributed by atoms with E-state index in [4.69, 9.17) is 0 Å². The van der Waals surface area contributed by atoms with Crippen LogP contribution < -0.4 is 0 Å². The fourth-order valence-electron chi connectivity index (χ4n) is 1.05. The second kappa shape index (κ2) is 3.71. The minimum absolute atomic E-state index is 0.339. The molecule has 1 nitrogen and oxygen atoms in total. The molecule has 15 heavy (non-hydrogen) atoms. The Morgan fingerprint density at radius 1 is 1.27 bits per heavy atom. The van der Waals surface area contributed by atoms with Gasteiger partial charge in [-0.25, -0.2) is 13.2 Å². The van der Waals surface area contributed by atoms with Crippen LogP contribution in [0.1, 0.15) is 23.2 Å². The van der Waals surface area contributed by atoms with Crippen LogP contribution in [-0.4, -0.2) is 4.98 Å². The van der Waals surface area contributed by atoms with Crippen LogP contribution in [0.3, 0.4) is 0 Å². The molecule has 1 heterocycles. The van der Waals surface area contributed by atoms with Crippen LogP contribution in [0.25, 0.3) is 0 Å². The smallest absolute Gasteiger partial charge is 0.258 e. The van der Waals surface area contributed by atoms with Gasteiger partial charge >= 0.3 is 6.18 Å². The largest absolute Gasteiger partial charge is 0.419 e. The summed E-state index contributed by atoms with van der Waals surface area (Å²) in [5.41, 5.74) is -3.94. The lowest BCUT2D eigenvalue weighted by Crippen LogP contribution is -2.14. The normalized spacial score (nSPS) is 12.3. The Balaban J connectivity index is 3.49. The number of hydrogen-bond donors (Lipinski definition) is 0. The highest BCUT2D eigenvalue weighted by Gasteiger charge is 2.40. The van der Waals surface area contributed by atoms with Gasteiger partial charge in [-0.1, -0.05) is 0 Å². The number of aryl methyl sites for hydroxylation is 1. The number of halogens is 6. The molecule has 0 aliphatic carbocycles. The van der Waals surface area contributed by atoms with E-state index in [1.54, 1.807) is 0 Å². The van der Waals surface area contributed by atoms with E-state index < -0.39 is 35.2 Å². The van der Waals surface area contributed by atoms with Gasteiger partial charge in [0, 0.05) is 6.20 Å². The van der Waals surface area contributed by atoms with Crippen molar-refractivity contribution < 1.29 is 26.3 Å². The average Bonchev–Trinajstić information content (AvgIpc) is 2.06. The van der Waals surface area contributed by atoms with Gasteiger partial charge in [0.25, 0.3) is 6.43 Å². The van der Waals surface area contributed by atoms with E-state index in [-0.39, 0.29) is 0 Å². The summed E-state index contributed by atoms with van der Waals surface area (Å²) in [5, 5.41) is 0. The summed E-state index contributed by atoms with van der Waals surface area (Å²) in [5.74, 6) is -1.75. The van der Waals surface area contributed by atoms with E-state index in [1.165, 1.54) is 0 Å². The van der Waals surface area contributed by atoms with Crippen LogP contribution in [0, 0.1) is 12.7 Å². The highest BCUT2D eigenvalue weighted by Crippen LogP contribution is 2.38. The second-order valence-electron chi connectivity index (χ2n) is 2.79. The van der Waals surface area contributed by atoms with Crippen molar-refractivity contribution in [3.8, 4) is 0 Å². The summed E-state index contributed by atoms with van der Waals surface area (Å²) in [6.07, 6.45) is -8.22. The lowest BCUT2D eigenvalue weighted by Gasteiger charge is -2.13. The predicted octanol–water partition coefficient (Wildman–Crippen LogP) is 3.49. The summed E-state index contributed by atoms with van der Waals surface area (Å²) in [6, 6.07) is 0. The van der Waals surface area contributed by atoms with Crippen molar-refractivity contribution in [1.29, 1.82) is 0 Å². The molecular formula is C8H5F6N. The number of nitrogens with zero attached hydrogens (tertiary/aromatic N) is 1. The van der Waals surface area contributed by atoms with Crippen LogP contribution in [-0.2, 0) is 6.18 Å². The maximum Gasteiger partial charge on any atom is 0.419 e. The molecule has 0 atom stereocenters. The van der Waals surface area contributed by atoms with Gasteiger partial charge in [0.2, 0.25) is 0 Å². The van der Waals surface area contributed by atoms with E-state index in [2.05, 4.69) is 4.98 Å². The monoisotopic (exact) mass is 229 g/mol. The first-order valence-electron chi connectivity index (χ1n) is 3.75. The lowest BCUT2D eigenvalue weighted by atomic mass is 10.1. The molecular weight excluding hydrogens is 224 g/mol. The maximum absolute atomic E-state index is 13.0. The highest BCUT2D eigenvalue weighted by molar-refractivity contribution is 5.31. The topological polar surface area (TPSA) is 12.9 Å². The number of alkyl halides is 5. The summed E-state index contributed by atoms with van der Waals surface area (Å²) < 4.78 is 74.1. The van der Waals surface area contributed by atoms with Crippen molar-refractivity contribution in [2.45, 2.75) is 19.5 Å². The third-order valence-corrected chi connectivity index (χ3v) is 1.74. The number of aromatic nitrogens is 1. The third kappa shape index (κ3) is 2.21. The molecule has 0 aromatic carbocycles. The molecule has 1 aromatic heterocycles. The van der Waals surface area contributed by atoms with Crippen LogP contribution in [0.15, 0.2) is 6.20 Å². The molecule has 0 saturated carbocycles. The molecule has 0 unspecified atom stereocenters. The van der Waals surface area contributed by atoms with E-state index in [0.29, 0.717) is 6.20 Å². The Bertz CT molecular complexity index is 370. The molecule has 0 saturated heterocycles. The van der Waals surface area contributed by atoms with Crippen LogP contribution in [0.5, 0.6) is 0 Å². The molecule has 0 aliphatic rings. The summed E-state index contributed by atoms with van der Waals surface area (Å²) in [4.78, 5) is 3.12. The zero-order valence-corrected chi connectivity index (χ0v) is 7.37. The van der Waals surface area contributed by atoms with Crippen molar-refractivity contribution in [3.63, 3.8) is 0 Å². The average molecular weight is 229 g/mol. The van der Waals surface area contributed by atoms with Gasteiger partial charge in [0.05, 0.1) is 11.3 Å². The van der Waals surface area contributed by atoms with E-state index in [9.17, 15) is 26.3 Å². The Hall–Kier alpha value is -1.27. The summed E-state index contributed by atoms with van der Waals surface area (Å²) in [6.45, 7) is 0.972. The van der Waals surface area contributed by atoms with Gasteiger partial charge in [-0.3, -0.25) is 4.98 Å². The molecule has 0 bridgehead atoms. The van der Waals surface area contributed by atoms with Crippen molar-refractivity contribution >= 4 is 0 Å². The first kappa shape index (κ1) is 11.8. The minimum Gasteiger partial charge on any atom is -0.258 e. The van der Waals surface area contributed by atoms with Crippen LogP contribution >= 0.6 is 0 Å². The molecule has 0 radical (unpaired) electrons. The van der Waals surface area contributed by atoms with Crippen molar-refractivity contribution in [1.82, 2.24) is 4.98 Å². The molecule has 1 rings (SSSR count). The van der Waals surface area contributed by atoms with Gasteiger partial charge in [0.15, 0.2) is 5.82 Å². The fraction of sp³-hybridized carbons (Fsp3) is 0.375. The Labute approximate surface area is 80.7 Å². The number of hydrogen-bond acceptors (Lipinski definition) is 1. The molecule has 0 N–H and O–H groups in total. The van der Waals surface area contributed by atoms with E-state index in [1.807, 2.05) is 0 Å². The quantitative estimate of drug-likeness (QED) is 0.671. The maximum atomic E-state index is 13.0. The SMILES string of the molecule is Cc1ncc(C(F)F)c(C(F)(F)F)c1F. The van der Waals surface area contributed by atoms with Crippen LogP contribution in [0.2, 0.25) is 0 Å². The molecule has 84 valence electrons. The second-order valence-corrected chi connectivity index (χ2v) is 2.79. The Morgan fingerprint density at radius 2 is 1.80 bits per heavy atom. The number of pyridine rings is 1. The zero-order valence-electron chi connectivity index (χ0n) is 7.37. The van der Waals surface area contributed by atoms with Crippen molar-refractivity contribution in [2.24, 2.45) is 0 Å². The summed E-state index contributed by atoms with van der Waals surface area (Å²) >= 11 is 0. The molecule has 0 amide bonds. The molecule has 0 spiro atoms. The van der Waals surface area contributed by atoms with E-state index >= 15 is 0 Å². The Kier molecular flexibility index (Phi) is 2.92. The molecule has 0 aliphatic heterocycles. The number of rotatable bonds is 1. The molecule has 7 heteroatoms. The Morgan fingerprint density at radius 3 is 2.20 bits per heavy atom. The standard InChI is InChI=1S/C8H5F6N/c1-3-6(9)5(8(12,13)14)4(2-15-3)7(10)11/h2,7H,1H3. The van der Waals surface area contributed by atoms with Crippen LogP contribution in [0.4, 0.5) is 26.3 Å². The van der Waals surface area contributed by atoms with Gasteiger partial charge in [-0.05, 0) is 6.92 Å². The highest BCUT2D eigenvalue weighted by atomic mass is 19.4. The fourth-order valence-corrected chi connectivity index (χ4v) is 1.05. The van der Waals surface area contributed by atoms with Crippen molar-refractivity contribution in [2.75, 3.05) is 0 Å². The zero-order chi connectivity index (χ0) is 11.8. The van der Waals surface area contributed by atoms with Gasteiger partial charge in [0.1, 0.15) is 5.56 Å². The first-order valence-corrected chi connectivity index (χ1v) is 3.75. The molecule has 0 fully saturated rings. The van der Waals surface area contributed by atoms with Gasteiger partial charge in [-0.15, -0.1) is 0 Å². The summed E-state index contributed by atoms with van der Waals surface area (Å²) in [7, 11) is 0. The predicted molar refractivity (Wildman–Crippen MR) is 38.9 cm³/mol. The van der Waals surface area contributed by atoms with Gasteiger partial charge < -0.3 is 0 Å². The van der Waals surface area contributed by atoms with Crippen molar-refractivity contribution in [3.05, 3.63) is 28.8 Å². The minimum atomic E-state index is -5.15. The molecule has 1 aromatic rings. The lowest BCUT2D eigenvalue weighted by molar-refractivity contribution is -0.142. The third-order valence-electron chi connectivity index (χ3n) is 1.74. The van der Waals surface area contributed by atoms with Gasteiger partial charge in [-0.2, -0.15) is 13.2 Å². The first-order chi connectivity index (χ1) is 6.75.